The first kappa shape index (κ1) is 15.8. The number of ether oxygens (including phenoxy) is 1. The van der Waals surface area contributed by atoms with E-state index in [2.05, 4.69) is 19.2 Å². The summed E-state index contributed by atoms with van der Waals surface area (Å²) in [6.07, 6.45) is 2.87. The first-order valence-electron chi connectivity index (χ1n) is 8.00. The Morgan fingerprint density at radius 1 is 1.14 bits per heavy atom. The molecule has 116 valence electrons. The van der Waals surface area contributed by atoms with Crippen LogP contribution in [-0.4, -0.2) is 30.0 Å². The maximum absolute atomic E-state index is 12.5. The smallest absolute Gasteiger partial charge is 0.241 e. The fraction of sp³-hybridized carbons (Fsp3) is 0.588. The predicted molar refractivity (Wildman–Crippen MR) is 84.2 cm³/mol. The molecule has 1 fully saturated rings. The molecule has 4 heteroatoms. The summed E-state index contributed by atoms with van der Waals surface area (Å²) >= 11 is 0. The third kappa shape index (κ3) is 3.56. The van der Waals surface area contributed by atoms with E-state index in [1.54, 1.807) is 0 Å². The quantitative estimate of drug-likeness (QED) is 0.839. The maximum atomic E-state index is 12.5. The number of amides is 1. The minimum atomic E-state index is -0.0434. The van der Waals surface area contributed by atoms with Crippen LogP contribution in [0.25, 0.3) is 0 Å². The van der Waals surface area contributed by atoms with E-state index in [0.717, 1.165) is 37.1 Å². The van der Waals surface area contributed by atoms with E-state index < -0.39 is 0 Å². The van der Waals surface area contributed by atoms with Gasteiger partial charge in [-0.1, -0.05) is 32.4 Å². The zero-order valence-corrected chi connectivity index (χ0v) is 13.3. The molecule has 2 rings (SSSR count). The number of hydrogen-bond acceptors (Lipinski definition) is 3. The Balaban J connectivity index is 2.17. The second kappa shape index (κ2) is 7.46. The molecule has 1 heterocycles. The van der Waals surface area contributed by atoms with E-state index in [-0.39, 0.29) is 18.1 Å². The molecule has 1 aromatic carbocycles. The second-order valence-electron chi connectivity index (χ2n) is 5.44. The number of benzene rings is 1. The largest absolute Gasteiger partial charge is 0.494 e. The molecule has 1 N–H and O–H groups in total. The summed E-state index contributed by atoms with van der Waals surface area (Å²) in [7, 11) is 0. The topological polar surface area (TPSA) is 41.6 Å². The van der Waals surface area contributed by atoms with Crippen LogP contribution in [0.5, 0.6) is 5.75 Å². The lowest BCUT2D eigenvalue weighted by Gasteiger charge is -2.24. The van der Waals surface area contributed by atoms with Crippen molar-refractivity contribution in [2.24, 2.45) is 0 Å². The standard InChI is InChI=1S/C17H26N2O2/c1-4-7-15-17(20)19(12-5-2)16(18-15)13-8-10-14(11-9-13)21-6-3/h8-11,15-16,18H,4-7,12H2,1-3H3. The molecule has 4 nitrogen and oxygen atoms in total. The molecule has 21 heavy (non-hydrogen) atoms. The Bertz CT molecular complexity index is 458. The molecule has 0 aliphatic carbocycles. The normalized spacial score (nSPS) is 21.9. The summed E-state index contributed by atoms with van der Waals surface area (Å²) in [6.45, 7) is 7.66. The van der Waals surface area contributed by atoms with Gasteiger partial charge in [0.1, 0.15) is 11.9 Å². The summed E-state index contributed by atoms with van der Waals surface area (Å²) in [5.74, 6) is 1.11. The summed E-state index contributed by atoms with van der Waals surface area (Å²) < 4.78 is 5.48. The number of carbonyl (C=O) groups is 1. The van der Waals surface area contributed by atoms with Crippen molar-refractivity contribution in [3.63, 3.8) is 0 Å². The molecular formula is C17H26N2O2. The third-order valence-corrected chi connectivity index (χ3v) is 3.80. The van der Waals surface area contributed by atoms with Crippen LogP contribution in [0.15, 0.2) is 24.3 Å². The maximum Gasteiger partial charge on any atom is 0.241 e. The third-order valence-electron chi connectivity index (χ3n) is 3.80. The van der Waals surface area contributed by atoms with Gasteiger partial charge in [0.2, 0.25) is 5.91 Å². The van der Waals surface area contributed by atoms with E-state index in [4.69, 9.17) is 4.74 Å². The van der Waals surface area contributed by atoms with Gasteiger partial charge < -0.3 is 9.64 Å². The first-order valence-corrected chi connectivity index (χ1v) is 8.00. The first-order chi connectivity index (χ1) is 10.2. The Hall–Kier alpha value is -1.55. The van der Waals surface area contributed by atoms with Crippen LogP contribution in [0, 0.1) is 0 Å². The molecule has 2 unspecified atom stereocenters. The van der Waals surface area contributed by atoms with Crippen molar-refractivity contribution in [2.45, 2.75) is 52.2 Å². The average Bonchev–Trinajstić information content (AvgIpc) is 2.79. The van der Waals surface area contributed by atoms with Gasteiger partial charge in [0.15, 0.2) is 0 Å². The van der Waals surface area contributed by atoms with Crippen LogP contribution in [0.2, 0.25) is 0 Å². The average molecular weight is 290 g/mol. The van der Waals surface area contributed by atoms with Crippen molar-refractivity contribution in [1.29, 1.82) is 0 Å². The molecule has 0 bridgehead atoms. The number of hydrogen-bond donors (Lipinski definition) is 1. The van der Waals surface area contributed by atoms with Gasteiger partial charge in [0, 0.05) is 6.54 Å². The highest BCUT2D eigenvalue weighted by Gasteiger charge is 2.38. The molecule has 0 radical (unpaired) electrons. The van der Waals surface area contributed by atoms with Gasteiger partial charge in [0.25, 0.3) is 0 Å². The van der Waals surface area contributed by atoms with Gasteiger partial charge in [-0.3, -0.25) is 10.1 Å². The van der Waals surface area contributed by atoms with Crippen molar-refractivity contribution in [1.82, 2.24) is 10.2 Å². The van der Waals surface area contributed by atoms with Crippen LogP contribution >= 0.6 is 0 Å². The summed E-state index contributed by atoms with van der Waals surface area (Å²) in [6, 6.07) is 8.00. The highest BCUT2D eigenvalue weighted by molar-refractivity contribution is 5.84. The Labute approximate surface area is 127 Å². The summed E-state index contributed by atoms with van der Waals surface area (Å²) in [4.78, 5) is 14.4. The van der Waals surface area contributed by atoms with E-state index in [1.807, 2.05) is 36.1 Å². The van der Waals surface area contributed by atoms with E-state index in [9.17, 15) is 4.79 Å². The van der Waals surface area contributed by atoms with Gasteiger partial charge in [-0.2, -0.15) is 0 Å². The van der Waals surface area contributed by atoms with Crippen LogP contribution in [-0.2, 0) is 4.79 Å². The molecule has 0 spiro atoms. The number of rotatable bonds is 7. The number of carbonyl (C=O) groups excluding carboxylic acids is 1. The summed E-state index contributed by atoms with van der Waals surface area (Å²) in [5.41, 5.74) is 1.12. The van der Waals surface area contributed by atoms with E-state index >= 15 is 0 Å². The lowest BCUT2D eigenvalue weighted by molar-refractivity contribution is -0.130. The van der Waals surface area contributed by atoms with Crippen molar-refractivity contribution >= 4 is 5.91 Å². The predicted octanol–water partition coefficient (Wildman–Crippen LogP) is 3.09. The highest BCUT2D eigenvalue weighted by Crippen LogP contribution is 2.28. The Kier molecular flexibility index (Phi) is 5.62. The van der Waals surface area contributed by atoms with Crippen molar-refractivity contribution in [2.75, 3.05) is 13.2 Å². The fourth-order valence-electron chi connectivity index (χ4n) is 2.84. The van der Waals surface area contributed by atoms with Gasteiger partial charge in [-0.15, -0.1) is 0 Å². The lowest BCUT2D eigenvalue weighted by Crippen LogP contribution is -2.31. The number of nitrogens with zero attached hydrogens (tertiary/aromatic N) is 1. The fourth-order valence-corrected chi connectivity index (χ4v) is 2.84. The van der Waals surface area contributed by atoms with E-state index in [1.165, 1.54) is 0 Å². The molecule has 0 saturated carbocycles. The molecule has 1 amide bonds. The van der Waals surface area contributed by atoms with Crippen LogP contribution in [0.3, 0.4) is 0 Å². The molecule has 1 aliphatic heterocycles. The Morgan fingerprint density at radius 2 is 1.86 bits per heavy atom. The van der Waals surface area contributed by atoms with Crippen molar-refractivity contribution < 1.29 is 9.53 Å². The number of nitrogens with one attached hydrogen (secondary N) is 1. The molecule has 1 aliphatic rings. The second-order valence-corrected chi connectivity index (χ2v) is 5.44. The molecule has 0 aromatic heterocycles. The SMILES string of the molecule is CCCC1NC(c2ccc(OCC)cc2)N(CCC)C1=O. The van der Waals surface area contributed by atoms with Crippen LogP contribution < -0.4 is 10.1 Å². The molecular weight excluding hydrogens is 264 g/mol. The lowest BCUT2D eigenvalue weighted by atomic mass is 10.1. The zero-order valence-electron chi connectivity index (χ0n) is 13.3. The van der Waals surface area contributed by atoms with Crippen LogP contribution in [0.1, 0.15) is 51.8 Å². The minimum absolute atomic E-state index is 0.00956. The zero-order chi connectivity index (χ0) is 15.2. The van der Waals surface area contributed by atoms with Crippen LogP contribution in [0.4, 0.5) is 0 Å². The van der Waals surface area contributed by atoms with Gasteiger partial charge in [-0.25, -0.2) is 0 Å². The summed E-state index contributed by atoms with van der Waals surface area (Å²) in [5, 5.41) is 3.48. The Morgan fingerprint density at radius 3 is 2.43 bits per heavy atom. The van der Waals surface area contributed by atoms with Gasteiger partial charge in [-0.05, 0) is 37.5 Å². The van der Waals surface area contributed by atoms with Crippen molar-refractivity contribution in [3.05, 3.63) is 29.8 Å². The molecule has 1 saturated heterocycles. The monoisotopic (exact) mass is 290 g/mol. The highest BCUT2D eigenvalue weighted by atomic mass is 16.5. The minimum Gasteiger partial charge on any atom is -0.494 e. The molecule has 2 atom stereocenters. The van der Waals surface area contributed by atoms with E-state index in [0.29, 0.717) is 6.61 Å². The molecule has 1 aromatic rings. The van der Waals surface area contributed by atoms with Crippen molar-refractivity contribution in [3.8, 4) is 5.75 Å². The van der Waals surface area contributed by atoms with Gasteiger partial charge >= 0.3 is 0 Å². The van der Waals surface area contributed by atoms with Gasteiger partial charge in [0.05, 0.1) is 12.6 Å².